The lowest BCUT2D eigenvalue weighted by Gasteiger charge is -2.30. The number of nitrogens with zero attached hydrogens (tertiary/aromatic N) is 2. The summed E-state index contributed by atoms with van der Waals surface area (Å²) in [5, 5.41) is 0. The molecule has 1 heterocycles. The minimum absolute atomic E-state index is 0.0409. The van der Waals surface area contributed by atoms with Gasteiger partial charge in [0.25, 0.3) is 0 Å². The van der Waals surface area contributed by atoms with Gasteiger partial charge in [-0.05, 0) is 37.0 Å². The molecule has 1 aliphatic carbocycles. The van der Waals surface area contributed by atoms with Crippen LogP contribution in [0.4, 0.5) is 5.69 Å². The lowest BCUT2D eigenvalue weighted by Crippen LogP contribution is -2.43. The summed E-state index contributed by atoms with van der Waals surface area (Å²) in [7, 11) is 0. The van der Waals surface area contributed by atoms with Crippen molar-refractivity contribution in [3.63, 3.8) is 0 Å². The number of hydrogen-bond donors (Lipinski definition) is 0. The van der Waals surface area contributed by atoms with Gasteiger partial charge in [0.15, 0.2) is 0 Å². The highest BCUT2D eigenvalue weighted by molar-refractivity contribution is 5.96. The molecule has 1 saturated carbocycles. The van der Waals surface area contributed by atoms with Gasteiger partial charge in [-0.15, -0.1) is 0 Å². The Labute approximate surface area is 161 Å². The summed E-state index contributed by atoms with van der Waals surface area (Å²) in [5.74, 6) is 0.458. The minimum atomic E-state index is 0.0409. The summed E-state index contributed by atoms with van der Waals surface area (Å²) in [4.78, 5) is 17.3. The zero-order valence-electron chi connectivity index (χ0n) is 15.8. The molecule has 0 spiro atoms. The largest absolute Gasteiger partial charge is 0.375 e. The molecule has 142 valence electrons. The molecule has 2 fully saturated rings. The van der Waals surface area contributed by atoms with Crippen LogP contribution in [0.5, 0.6) is 0 Å². The molecule has 0 aromatic heterocycles. The van der Waals surface area contributed by atoms with Crippen LogP contribution in [-0.2, 0) is 16.1 Å². The standard InChI is InChI=1S/C23H28N2O2/c26-23(20-12-13-20)25(21-10-5-2-6-11-21)18-22-17-24(14-7-15-27-22)16-19-8-3-1-4-9-19/h1-6,8-11,20,22H,7,12-18H2. The number of ether oxygens (including phenoxy) is 1. The number of carbonyl (C=O) groups excluding carboxylic acids is 1. The Kier molecular flexibility index (Phi) is 5.85. The van der Waals surface area contributed by atoms with Gasteiger partial charge >= 0.3 is 0 Å². The molecule has 2 aliphatic rings. The Morgan fingerprint density at radius 2 is 1.74 bits per heavy atom. The van der Waals surface area contributed by atoms with E-state index >= 15 is 0 Å². The number of amides is 1. The normalized spacial score (nSPS) is 20.8. The van der Waals surface area contributed by atoms with Gasteiger partial charge in [-0.1, -0.05) is 48.5 Å². The molecule has 0 radical (unpaired) electrons. The van der Waals surface area contributed by atoms with Crippen LogP contribution in [0.3, 0.4) is 0 Å². The van der Waals surface area contributed by atoms with Gasteiger partial charge in [0.2, 0.25) is 5.91 Å². The number of rotatable bonds is 6. The first-order valence-corrected chi connectivity index (χ1v) is 10.0. The zero-order valence-corrected chi connectivity index (χ0v) is 15.8. The molecule has 4 heteroatoms. The Bertz CT molecular complexity index is 731. The molecule has 1 aliphatic heterocycles. The van der Waals surface area contributed by atoms with Crippen LogP contribution < -0.4 is 4.90 Å². The molecule has 4 rings (SSSR count). The second kappa shape index (κ2) is 8.68. The van der Waals surface area contributed by atoms with E-state index < -0.39 is 0 Å². The maximum Gasteiger partial charge on any atom is 0.230 e. The van der Waals surface area contributed by atoms with Crippen molar-refractivity contribution in [1.29, 1.82) is 0 Å². The van der Waals surface area contributed by atoms with Gasteiger partial charge in [-0.3, -0.25) is 9.69 Å². The highest BCUT2D eigenvalue weighted by atomic mass is 16.5. The molecule has 2 aromatic carbocycles. The maximum absolute atomic E-state index is 12.9. The summed E-state index contributed by atoms with van der Waals surface area (Å²) in [6.45, 7) is 4.22. The Morgan fingerprint density at radius 3 is 2.44 bits per heavy atom. The number of carbonyl (C=O) groups is 1. The van der Waals surface area contributed by atoms with E-state index in [-0.39, 0.29) is 17.9 Å². The molecular weight excluding hydrogens is 336 g/mol. The second-order valence-electron chi connectivity index (χ2n) is 7.63. The summed E-state index contributed by atoms with van der Waals surface area (Å²) in [5.41, 5.74) is 2.31. The highest BCUT2D eigenvalue weighted by Crippen LogP contribution is 2.33. The van der Waals surface area contributed by atoms with Gasteiger partial charge in [0, 0.05) is 37.8 Å². The number of para-hydroxylation sites is 1. The van der Waals surface area contributed by atoms with Crippen LogP contribution in [0.15, 0.2) is 60.7 Å². The van der Waals surface area contributed by atoms with Crippen LogP contribution in [0.2, 0.25) is 0 Å². The molecule has 1 atom stereocenters. The van der Waals surface area contributed by atoms with Crippen molar-refractivity contribution >= 4 is 11.6 Å². The van der Waals surface area contributed by atoms with Crippen molar-refractivity contribution in [2.45, 2.75) is 31.9 Å². The molecule has 27 heavy (non-hydrogen) atoms. The van der Waals surface area contributed by atoms with Gasteiger partial charge in [0.05, 0.1) is 12.6 Å². The van der Waals surface area contributed by atoms with E-state index in [1.54, 1.807) is 0 Å². The second-order valence-corrected chi connectivity index (χ2v) is 7.63. The van der Waals surface area contributed by atoms with Gasteiger partial charge < -0.3 is 9.64 Å². The van der Waals surface area contributed by atoms with Crippen molar-refractivity contribution in [1.82, 2.24) is 4.90 Å². The van der Waals surface area contributed by atoms with E-state index in [0.717, 1.165) is 51.2 Å². The molecule has 4 nitrogen and oxygen atoms in total. The molecule has 1 saturated heterocycles. The van der Waals surface area contributed by atoms with E-state index in [4.69, 9.17) is 4.74 Å². The fourth-order valence-corrected chi connectivity index (χ4v) is 3.75. The minimum Gasteiger partial charge on any atom is -0.375 e. The summed E-state index contributed by atoms with van der Waals surface area (Å²) >= 11 is 0. The van der Waals surface area contributed by atoms with Gasteiger partial charge in [-0.25, -0.2) is 0 Å². The van der Waals surface area contributed by atoms with Crippen LogP contribution >= 0.6 is 0 Å². The molecule has 2 aromatic rings. The van der Waals surface area contributed by atoms with E-state index in [0.29, 0.717) is 6.54 Å². The quantitative estimate of drug-likeness (QED) is 0.783. The van der Waals surface area contributed by atoms with Crippen LogP contribution in [0.25, 0.3) is 0 Å². The maximum atomic E-state index is 12.9. The average molecular weight is 364 g/mol. The van der Waals surface area contributed by atoms with Gasteiger partial charge in [-0.2, -0.15) is 0 Å². The first kappa shape index (κ1) is 18.2. The van der Waals surface area contributed by atoms with Crippen molar-refractivity contribution < 1.29 is 9.53 Å². The third-order valence-electron chi connectivity index (χ3n) is 5.33. The van der Waals surface area contributed by atoms with E-state index in [9.17, 15) is 4.79 Å². The van der Waals surface area contributed by atoms with Gasteiger partial charge in [0.1, 0.15) is 0 Å². The van der Waals surface area contributed by atoms with Crippen LogP contribution in [0.1, 0.15) is 24.8 Å². The zero-order chi connectivity index (χ0) is 18.5. The van der Waals surface area contributed by atoms with Crippen molar-refractivity contribution in [3.05, 3.63) is 66.2 Å². The van der Waals surface area contributed by atoms with E-state index in [1.165, 1.54) is 5.56 Å². The SMILES string of the molecule is O=C(C1CC1)N(CC1CN(Cc2ccccc2)CCCO1)c1ccccc1. The topological polar surface area (TPSA) is 32.8 Å². The fourth-order valence-electron chi connectivity index (χ4n) is 3.75. The van der Waals surface area contributed by atoms with Crippen molar-refractivity contribution in [2.75, 3.05) is 31.1 Å². The number of hydrogen-bond acceptors (Lipinski definition) is 3. The Hall–Kier alpha value is -2.17. The first-order valence-electron chi connectivity index (χ1n) is 10.0. The lowest BCUT2D eigenvalue weighted by atomic mass is 10.2. The number of benzene rings is 2. The highest BCUT2D eigenvalue weighted by Gasteiger charge is 2.35. The van der Waals surface area contributed by atoms with E-state index in [1.807, 2.05) is 35.2 Å². The third kappa shape index (κ3) is 4.96. The third-order valence-corrected chi connectivity index (χ3v) is 5.33. The smallest absolute Gasteiger partial charge is 0.230 e. The molecule has 0 bridgehead atoms. The molecule has 0 N–H and O–H groups in total. The Balaban J connectivity index is 1.45. The fraction of sp³-hybridized carbons (Fsp3) is 0.435. The van der Waals surface area contributed by atoms with Crippen molar-refractivity contribution in [2.24, 2.45) is 5.92 Å². The van der Waals surface area contributed by atoms with E-state index in [2.05, 4.69) is 35.2 Å². The molecule has 1 unspecified atom stereocenters. The van der Waals surface area contributed by atoms with Crippen LogP contribution in [-0.4, -0.2) is 43.2 Å². The predicted octanol–water partition coefficient (Wildman–Crippen LogP) is 3.72. The number of anilines is 1. The summed E-state index contributed by atoms with van der Waals surface area (Å²) < 4.78 is 6.14. The summed E-state index contributed by atoms with van der Waals surface area (Å²) in [6, 6.07) is 20.6. The average Bonchev–Trinajstić information content (AvgIpc) is 3.56. The first-order chi connectivity index (χ1) is 13.3. The predicted molar refractivity (Wildman–Crippen MR) is 108 cm³/mol. The Morgan fingerprint density at radius 1 is 1.04 bits per heavy atom. The molecule has 1 amide bonds. The monoisotopic (exact) mass is 364 g/mol. The van der Waals surface area contributed by atoms with Crippen molar-refractivity contribution in [3.8, 4) is 0 Å². The summed E-state index contributed by atoms with van der Waals surface area (Å²) in [6.07, 6.45) is 3.12. The molecular formula is C23H28N2O2. The van der Waals surface area contributed by atoms with Crippen LogP contribution in [0, 0.1) is 5.92 Å². The lowest BCUT2D eigenvalue weighted by molar-refractivity contribution is -0.120.